The number of nitriles is 1. The lowest BCUT2D eigenvalue weighted by molar-refractivity contribution is -0.131. The lowest BCUT2D eigenvalue weighted by atomic mass is 9.89. The van der Waals surface area contributed by atoms with Crippen molar-refractivity contribution >= 4 is 22.8 Å². The highest BCUT2D eigenvalue weighted by molar-refractivity contribution is 5.87. The summed E-state index contributed by atoms with van der Waals surface area (Å²) in [6.45, 7) is 4.16. The van der Waals surface area contributed by atoms with Crippen LogP contribution in [0.1, 0.15) is 67.1 Å². The summed E-state index contributed by atoms with van der Waals surface area (Å²) in [5, 5.41) is 12.4. The third-order valence-electron chi connectivity index (χ3n) is 6.48. The number of nitrogens with one attached hydrogen (secondary N) is 2. The molecule has 1 fully saturated rings. The van der Waals surface area contributed by atoms with Crippen molar-refractivity contribution in [3.63, 3.8) is 0 Å². The first-order valence-electron chi connectivity index (χ1n) is 11.6. The van der Waals surface area contributed by atoms with Crippen molar-refractivity contribution in [1.82, 2.24) is 19.9 Å². The number of hydrogen-bond acceptors (Lipinski definition) is 6. The summed E-state index contributed by atoms with van der Waals surface area (Å²) in [6.07, 6.45) is -1.99. The minimum absolute atomic E-state index is 0.0660. The molecule has 3 heterocycles. The number of halogens is 3. The molecule has 3 aromatic rings. The number of benzene rings is 1. The molecule has 1 aliphatic rings. The highest BCUT2D eigenvalue weighted by atomic mass is 19.3. The molecule has 0 radical (unpaired) electrons. The van der Waals surface area contributed by atoms with Crippen LogP contribution >= 0.6 is 0 Å². The number of aryl methyl sites for hydroxylation is 1. The van der Waals surface area contributed by atoms with Gasteiger partial charge in [-0.2, -0.15) is 5.26 Å². The predicted octanol–water partition coefficient (Wildman–Crippen LogP) is 4.50. The van der Waals surface area contributed by atoms with Crippen LogP contribution in [0, 0.1) is 24.1 Å². The molecule has 0 spiro atoms. The molecule has 0 saturated carbocycles. The van der Waals surface area contributed by atoms with Crippen molar-refractivity contribution < 1.29 is 18.0 Å². The van der Waals surface area contributed by atoms with E-state index in [1.807, 2.05) is 6.07 Å². The van der Waals surface area contributed by atoms with E-state index in [2.05, 4.69) is 20.3 Å². The normalized spacial score (nSPS) is 15.2. The maximum atomic E-state index is 14.7. The Hall–Kier alpha value is -3.94. The summed E-state index contributed by atoms with van der Waals surface area (Å²) in [5.74, 6) is -0.612. The van der Waals surface area contributed by atoms with Crippen molar-refractivity contribution in [3.8, 4) is 6.07 Å². The van der Waals surface area contributed by atoms with Gasteiger partial charge in [0.05, 0.1) is 23.1 Å². The summed E-state index contributed by atoms with van der Waals surface area (Å²) >= 11 is 0. The minimum atomic E-state index is -2.94. The molecule has 1 atom stereocenters. The molecule has 1 amide bonds. The van der Waals surface area contributed by atoms with Crippen LogP contribution in [-0.4, -0.2) is 38.8 Å². The van der Waals surface area contributed by atoms with Gasteiger partial charge in [0.2, 0.25) is 5.91 Å². The van der Waals surface area contributed by atoms with E-state index in [0.717, 1.165) is 6.07 Å². The molecule has 11 heteroatoms. The zero-order valence-corrected chi connectivity index (χ0v) is 19.8. The van der Waals surface area contributed by atoms with Crippen LogP contribution in [0.5, 0.6) is 0 Å². The molecular formula is C25H25F3N6O2. The Morgan fingerprint density at radius 2 is 1.97 bits per heavy atom. The molecule has 1 aromatic carbocycles. The predicted molar refractivity (Wildman–Crippen MR) is 127 cm³/mol. The van der Waals surface area contributed by atoms with Gasteiger partial charge in [0.1, 0.15) is 29.5 Å². The van der Waals surface area contributed by atoms with Gasteiger partial charge in [-0.15, -0.1) is 0 Å². The second-order valence-electron chi connectivity index (χ2n) is 8.84. The Morgan fingerprint density at radius 3 is 2.64 bits per heavy atom. The highest BCUT2D eigenvalue weighted by Crippen LogP contribution is 2.32. The number of piperidine rings is 1. The number of carbonyl (C=O) groups excluding carboxylic acids is 1. The van der Waals surface area contributed by atoms with Crippen LogP contribution in [0.2, 0.25) is 0 Å². The number of alkyl halides is 2. The number of carbonyl (C=O) groups is 1. The van der Waals surface area contributed by atoms with E-state index in [1.165, 1.54) is 12.1 Å². The van der Waals surface area contributed by atoms with Gasteiger partial charge in [-0.05, 0) is 38.7 Å². The Bertz CT molecular complexity index is 1390. The van der Waals surface area contributed by atoms with E-state index in [4.69, 9.17) is 5.26 Å². The molecule has 36 heavy (non-hydrogen) atoms. The lowest BCUT2D eigenvalue weighted by Gasteiger charge is -2.31. The largest absolute Gasteiger partial charge is 0.363 e. The number of fused-ring (bicyclic) bond motifs is 1. The Balaban J connectivity index is 1.65. The monoisotopic (exact) mass is 498 g/mol. The maximum Gasteiger partial charge on any atom is 0.266 e. The first-order chi connectivity index (χ1) is 17.2. The molecular weight excluding hydrogens is 473 g/mol. The fourth-order valence-corrected chi connectivity index (χ4v) is 4.60. The van der Waals surface area contributed by atoms with Crippen LogP contribution in [-0.2, 0) is 4.79 Å². The average Bonchev–Trinajstić information content (AvgIpc) is 2.83. The van der Waals surface area contributed by atoms with Crippen molar-refractivity contribution in [2.45, 2.75) is 51.5 Å². The second-order valence-corrected chi connectivity index (χ2v) is 8.84. The smallest absolute Gasteiger partial charge is 0.266 e. The topological polar surface area (TPSA) is 115 Å². The lowest BCUT2D eigenvalue weighted by Crippen LogP contribution is -2.38. The number of pyridine rings is 1. The van der Waals surface area contributed by atoms with Crippen molar-refractivity contribution in [1.29, 1.82) is 5.26 Å². The Morgan fingerprint density at radius 1 is 1.28 bits per heavy atom. The summed E-state index contributed by atoms with van der Waals surface area (Å²) in [5.41, 5.74) is -0.0808. The number of amides is 1. The summed E-state index contributed by atoms with van der Waals surface area (Å²) < 4.78 is 41.1. The van der Waals surface area contributed by atoms with Crippen molar-refractivity contribution in [2.75, 3.05) is 18.4 Å². The Kier molecular flexibility index (Phi) is 7.24. The van der Waals surface area contributed by atoms with Gasteiger partial charge in [0, 0.05) is 24.2 Å². The van der Waals surface area contributed by atoms with Gasteiger partial charge >= 0.3 is 0 Å². The third-order valence-corrected chi connectivity index (χ3v) is 6.48. The van der Waals surface area contributed by atoms with Crippen LogP contribution in [0.15, 0.2) is 29.1 Å². The van der Waals surface area contributed by atoms with E-state index in [-0.39, 0.29) is 29.4 Å². The first kappa shape index (κ1) is 25.2. The number of anilines is 1. The standard InChI is InChI=1S/C25H25F3N6O2/c1-13(16-4-3-5-17(21(16)26)22(27)28)30-23-19-12-18(25(36)33-24(19)32-14(2)31-23)15-7-10-34(11-8-15)20(35)6-9-29/h3-5,12-13,15,22H,6-8,10-11H2,1-2H3,(H2,30,31,32,33,36)/t13-/m1/s1. The third kappa shape index (κ3) is 5.03. The molecule has 2 N–H and O–H groups in total. The highest BCUT2D eigenvalue weighted by Gasteiger charge is 2.26. The molecule has 1 aliphatic heterocycles. The van der Waals surface area contributed by atoms with Crippen LogP contribution in [0.3, 0.4) is 0 Å². The number of likely N-dealkylation sites (tertiary alicyclic amines) is 1. The fraction of sp³-hybridized carbons (Fsp3) is 0.400. The minimum Gasteiger partial charge on any atom is -0.363 e. The number of rotatable bonds is 6. The van der Waals surface area contributed by atoms with Gasteiger partial charge in [0.15, 0.2) is 0 Å². The average molecular weight is 499 g/mol. The molecule has 0 aliphatic carbocycles. The number of H-pyrrole nitrogens is 1. The summed E-state index contributed by atoms with van der Waals surface area (Å²) in [4.78, 5) is 38.0. The number of hydrogen-bond donors (Lipinski definition) is 2. The van der Waals surface area contributed by atoms with Gasteiger partial charge in [-0.1, -0.05) is 18.2 Å². The molecule has 188 valence electrons. The summed E-state index contributed by atoms with van der Waals surface area (Å²) in [7, 11) is 0. The maximum absolute atomic E-state index is 14.7. The van der Waals surface area contributed by atoms with E-state index >= 15 is 0 Å². The van der Waals surface area contributed by atoms with Crippen molar-refractivity contribution in [2.24, 2.45) is 0 Å². The Labute approximate surface area is 205 Å². The SMILES string of the molecule is Cc1nc(N[C@H](C)c2cccc(C(F)F)c2F)c2cc(C3CCN(C(=O)CC#N)CC3)c(=O)[nH]c2n1. The van der Waals surface area contributed by atoms with Gasteiger partial charge in [-0.3, -0.25) is 9.59 Å². The summed E-state index contributed by atoms with van der Waals surface area (Å²) in [6, 6.07) is 6.72. The molecule has 0 bridgehead atoms. The van der Waals surface area contributed by atoms with E-state index in [0.29, 0.717) is 54.2 Å². The van der Waals surface area contributed by atoms with E-state index in [1.54, 1.807) is 24.8 Å². The quantitative estimate of drug-likeness (QED) is 0.517. The van der Waals surface area contributed by atoms with Gasteiger partial charge in [-0.25, -0.2) is 23.1 Å². The molecule has 1 saturated heterocycles. The second kappa shape index (κ2) is 10.4. The first-order valence-corrected chi connectivity index (χ1v) is 11.6. The van der Waals surface area contributed by atoms with Crippen molar-refractivity contribution in [3.05, 3.63) is 63.0 Å². The van der Waals surface area contributed by atoms with Crippen LogP contribution in [0.4, 0.5) is 19.0 Å². The zero-order chi connectivity index (χ0) is 26.0. The molecule has 2 aromatic heterocycles. The number of aromatic amines is 1. The van der Waals surface area contributed by atoms with E-state index < -0.39 is 23.8 Å². The van der Waals surface area contributed by atoms with Gasteiger partial charge < -0.3 is 15.2 Å². The van der Waals surface area contributed by atoms with E-state index in [9.17, 15) is 22.8 Å². The zero-order valence-electron chi connectivity index (χ0n) is 19.8. The molecule has 8 nitrogen and oxygen atoms in total. The molecule has 0 unspecified atom stereocenters. The molecule has 4 rings (SSSR count). The number of nitrogens with zero attached hydrogens (tertiary/aromatic N) is 4. The van der Waals surface area contributed by atoms with Gasteiger partial charge in [0.25, 0.3) is 12.0 Å². The fourth-order valence-electron chi connectivity index (χ4n) is 4.60. The number of aromatic nitrogens is 3. The van der Waals surface area contributed by atoms with Crippen LogP contribution < -0.4 is 10.9 Å². The van der Waals surface area contributed by atoms with Crippen LogP contribution in [0.25, 0.3) is 11.0 Å².